The number of methoxy groups -OCH3 is 1. The Morgan fingerprint density at radius 3 is 2.63 bits per heavy atom. The van der Waals surface area contributed by atoms with Gasteiger partial charge in [-0.15, -0.1) is 11.6 Å². The summed E-state index contributed by atoms with van der Waals surface area (Å²) in [5.74, 6) is -0.949. The number of alkyl carbamates (subject to hydrolysis) is 1. The molecule has 1 saturated carbocycles. The Morgan fingerprint density at radius 1 is 1.37 bits per heavy atom. The highest BCUT2D eigenvalue weighted by Gasteiger charge is 2.72. The van der Waals surface area contributed by atoms with E-state index in [0.717, 1.165) is 12.8 Å². The molecule has 6 atom stereocenters. The van der Waals surface area contributed by atoms with Crippen molar-refractivity contribution in [2.75, 3.05) is 19.6 Å². The molecule has 0 unspecified atom stereocenters. The lowest BCUT2D eigenvalue weighted by molar-refractivity contribution is -0.124. The smallest absolute Gasteiger partial charge is 0.414 e. The molecule has 0 radical (unpaired) electrons. The third-order valence-electron chi connectivity index (χ3n) is 5.86. The Kier molecular flexibility index (Phi) is 5.87. The number of rotatable bonds is 6. The first-order chi connectivity index (χ1) is 12.8. The molecule has 2 amide bonds. The molecule has 152 valence electrons. The molecule has 1 aliphatic carbocycles. The van der Waals surface area contributed by atoms with Crippen molar-refractivity contribution in [3.05, 3.63) is 11.6 Å². The first-order valence-corrected chi connectivity index (χ1v) is 9.83. The predicted octanol–water partition coefficient (Wildman–Crippen LogP) is 2.55. The van der Waals surface area contributed by atoms with E-state index in [9.17, 15) is 9.59 Å². The minimum Gasteiger partial charge on any atom is -0.443 e. The minimum absolute atomic E-state index is 0.0548. The van der Waals surface area contributed by atoms with E-state index in [1.807, 2.05) is 0 Å². The van der Waals surface area contributed by atoms with Crippen LogP contribution < -0.4 is 5.32 Å². The molecule has 27 heavy (non-hydrogen) atoms. The summed E-state index contributed by atoms with van der Waals surface area (Å²) in [6.07, 6.45) is 2.78. The lowest BCUT2D eigenvalue weighted by atomic mass is 9.68. The molecular weight excluding hydrogens is 374 g/mol. The van der Waals surface area contributed by atoms with E-state index in [0.29, 0.717) is 13.0 Å². The van der Waals surface area contributed by atoms with Gasteiger partial charge in [-0.1, -0.05) is 11.6 Å². The van der Waals surface area contributed by atoms with E-state index in [-0.39, 0.29) is 29.6 Å². The first kappa shape index (κ1) is 20.6. The lowest BCUT2D eigenvalue weighted by Gasteiger charge is -2.42. The molecule has 7 nitrogen and oxygen atoms in total. The largest absolute Gasteiger partial charge is 0.443 e. The Hall–Kier alpha value is -1.15. The number of imide groups is 1. The van der Waals surface area contributed by atoms with Gasteiger partial charge in [0.2, 0.25) is 5.91 Å². The number of ether oxygens (including phenoxy) is 4. The fourth-order valence-corrected chi connectivity index (χ4v) is 4.45. The summed E-state index contributed by atoms with van der Waals surface area (Å²) in [4.78, 5) is 23.3. The molecule has 0 aromatic rings. The van der Waals surface area contributed by atoms with Gasteiger partial charge in [-0.2, -0.15) is 0 Å². The van der Waals surface area contributed by atoms with Crippen LogP contribution in [0.3, 0.4) is 0 Å². The van der Waals surface area contributed by atoms with Crippen LogP contribution in [0.1, 0.15) is 40.0 Å². The van der Waals surface area contributed by atoms with Gasteiger partial charge >= 0.3 is 6.09 Å². The second-order valence-electron chi connectivity index (χ2n) is 8.00. The van der Waals surface area contributed by atoms with Gasteiger partial charge in [-0.25, -0.2) is 4.79 Å². The van der Waals surface area contributed by atoms with Gasteiger partial charge in [0.1, 0.15) is 29.3 Å². The van der Waals surface area contributed by atoms with Gasteiger partial charge in [-0.3, -0.25) is 10.1 Å². The zero-order valence-electron chi connectivity index (χ0n) is 16.2. The molecular formula is C19H28ClNO6. The van der Waals surface area contributed by atoms with Crippen LogP contribution >= 0.6 is 11.6 Å². The van der Waals surface area contributed by atoms with E-state index in [4.69, 9.17) is 30.5 Å². The number of hydrogen-bond acceptors (Lipinski definition) is 6. The molecule has 3 rings (SSSR count). The van der Waals surface area contributed by atoms with Crippen LogP contribution in [0.4, 0.5) is 4.79 Å². The SMILES string of the molecule is CO[C@@H]1[C@H](OC(=O)NC(=O)CCl)CC[C@@]2(CO2)[C@H]1[C@]1(C)O[C@@H]1CC=C(C)C. The van der Waals surface area contributed by atoms with E-state index >= 15 is 0 Å². The average Bonchev–Trinajstić information content (AvgIpc) is 3.52. The van der Waals surface area contributed by atoms with Crippen LogP contribution in [-0.2, 0) is 23.7 Å². The lowest BCUT2D eigenvalue weighted by Crippen LogP contribution is -2.56. The summed E-state index contributed by atoms with van der Waals surface area (Å²) in [6.45, 7) is 6.87. The summed E-state index contributed by atoms with van der Waals surface area (Å²) in [5, 5.41) is 2.11. The Labute approximate surface area is 164 Å². The number of amides is 2. The number of alkyl halides is 1. The zero-order valence-corrected chi connectivity index (χ0v) is 17.0. The fraction of sp³-hybridized carbons (Fsp3) is 0.789. The highest BCUT2D eigenvalue weighted by molar-refractivity contribution is 6.28. The van der Waals surface area contributed by atoms with Crippen molar-refractivity contribution in [1.29, 1.82) is 0 Å². The predicted molar refractivity (Wildman–Crippen MR) is 98.7 cm³/mol. The van der Waals surface area contributed by atoms with Crippen molar-refractivity contribution >= 4 is 23.6 Å². The average molecular weight is 402 g/mol. The third-order valence-corrected chi connectivity index (χ3v) is 6.10. The number of carbonyl (C=O) groups is 2. The van der Waals surface area contributed by atoms with Crippen LogP contribution in [-0.4, -0.2) is 61.1 Å². The number of hydrogen-bond donors (Lipinski definition) is 1. The van der Waals surface area contributed by atoms with Crippen LogP contribution in [0.15, 0.2) is 11.6 Å². The van der Waals surface area contributed by atoms with Crippen LogP contribution in [0.2, 0.25) is 0 Å². The molecule has 1 N–H and O–H groups in total. The molecule has 2 heterocycles. The van der Waals surface area contributed by atoms with Gasteiger partial charge in [0, 0.05) is 7.11 Å². The van der Waals surface area contributed by atoms with Gasteiger partial charge < -0.3 is 18.9 Å². The second-order valence-corrected chi connectivity index (χ2v) is 8.27. The van der Waals surface area contributed by atoms with Gasteiger partial charge in [0.25, 0.3) is 0 Å². The molecule has 2 saturated heterocycles. The van der Waals surface area contributed by atoms with Crippen molar-refractivity contribution in [3.63, 3.8) is 0 Å². The van der Waals surface area contributed by atoms with Crippen molar-refractivity contribution in [2.45, 2.75) is 69.5 Å². The van der Waals surface area contributed by atoms with Gasteiger partial charge in [0.15, 0.2) is 0 Å². The second kappa shape index (κ2) is 7.70. The summed E-state index contributed by atoms with van der Waals surface area (Å²) in [7, 11) is 1.61. The first-order valence-electron chi connectivity index (χ1n) is 9.30. The van der Waals surface area contributed by atoms with Crippen molar-refractivity contribution in [1.82, 2.24) is 5.32 Å². The maximum Gasteiger partial charge on any atom is 0.414 e. The summed E-state index contributed by atoms with van der Waals surface area (Å²) in [6, 6.07) is 0. The summed E-state index contributed by atoms with van der Waals surface area (Å²) >= 11 is 5.42. The zero-order chi connectivity index (χ0) is 19.8. The fourth-order valence-electron chi connectivity index (χ4n) is 4.38. The monoisotopic (exact) mass is 401 g/mol. The summed E-state index contributed by atoms with van der Waals surface area (Å²) < 4.78 is 23.2. The van der Waals surface area contributed by atoms with E-state index in [1.165, 1.54) is 5.57 Å². The Balaban J connectivity index is 1.73. The van der Waals surface area contributed by atoms with Gasteiger partial charge in [-0.05, 0) is 40.0 Å². The van der Waals surface area contributed by atoms with Crippen LogP contribution in [0, 0.1) is 5.92 Å². The maximum atomic E-state index is 12.0. The quantitative estimate of drug-likeness (QED) is 0.418. The van der Waals surface area contributed by atoms with Crippen molar-refractivity contribution in [2.24, 2.45) is 5.92 Å². The normalized spacial score (nSPS) is 39.6. The number of epoxide rings is 2. The molecule has 0 aromatic carbocycles. The highest BCUT2D eigenvalue weighted by atomic mass is 35.5. The molecule has 2 aliphatic heterocycles. The number of nitrogens with one attached hydrogen (secondary N) is 1. The number of halogens is 1. The minimum atomic E-state index is -0.804. The maximum absolute atomic E-state index is 12.0. The molecule has 0 aromatic heterocycles. The van der Waals surface area contributed by atoms with Crippen molar-refractivity contribution < 1.29 is 28.5 Å². The van der Waals surface area contributed by atoms with Gasteiger partial charge in [0.05, 0.1) is 18.6 Å². The Morgan fingerprint density at radius 2 is 2.07 bits per heavy atom. The van der Waals surface area contributed by atoms with Crippen LogP contribution in [0.5, 0.6) is 0 Å². The van der Waals surface area contributed by atoms with E-state index in [2.05, 4.69) is 32.2 Å². The molecule has 3 fully saturated rings. The molecule has 3 aliphatic rings. The van der Waals surface area contributed by atoms with E-state index < -0.39 is 23.7 Å². The van der Waals surface area contributed by atoms with E-state index in [1.54, 1.807) is 7.11 Å². The topological polar surface area (TPSA) is 89.7 Å². The number of carbonyl (C=O) groups excluding carboxylic acids is 2. The summed E-state index contributed by atoms with van der Waals surface area (Å²) in [5.41, 5.74) is 0.574. The standard InChI is InChI=1S/C19H28ClNO6/c1-11(2)5-6-13-18(3,27-13)16-15(24-4)12(7-8-19(16)10-25-19)26-17(23)21-14(22)9-20/h5,12-13,15-16H,6-10H2,1-4H3,(H,21,22,23)/t12-,13-,15-,16-,18-,19-/m1/s1. The molecule has 8 heteroatoms. The molecule has 1 spiro atoms. The Bertz CT molecular complexity index is 630. The third kappa shape index (κ3) is 4.16. The van der Waals surface area contributed by atoms with Crippen molar-refractivity contribution in [3.8, 4) is 0 Å². The number of allylic oxidation sites excluding steroid dienone is 1. The van der Waals surface area contributed by atoms with Crippen LogP contribution in [0.25, 0.3) is 0 Å². The highest BCUT2D eigenvalue weighted by Crippen LogP contribution is 2.59. The molecule has 0 bridgehead atoms.